The van der Waals surface area contributed by atoms with Crippen molar-refractivity contribution in [3.63, 3.8) is 0 Å². The van der Waals surface area contributed by atoms with Crippen LogP contribution < -0.4 is 21.5 Å². The van der Waals surface area contributed by atoms with Crippen LogP contribution in [-0.4, -0.2) is 17.9 Å². The smallest absolute Gasteiger partial charge is 0.256 e. The number of hydrogen-bond acceptors (Lipinski definition) is 4. The molecule has 0 spiro atoms. The van der Waals surface area contributed by atoms with Crippen molar-refractivity contribution in [3.8, 4) is 11.5 Å². The molecule has 1 atom stereocenters. The van der Waals surface area contributed by atoms with Crippen molar-refractivity contribution >= 4 is 29.2 Å². The average Bonchev–Trinajstić information content (AvgIpc) is 3.06. The summed E-state index contributed by atoms with van der Waals surface area (Å²) in [5.41, 5.74) is 15.1. The Bertz CT molecular complexity index is 1120. The Morgan fingerprint density at radius 1 is 0.967 bits per heavy atom. The third-order valence-corrected chi connectivity index (χ3v) is 4.88. The van der Waals surface area contributed by atoms with E-state index in [0.29, 0.717) is 23.5 Å². The molecule has 4 rings (SSSR count). The number of carbonyl (C=O) groups excluding carboxylic acids is 2. The summed E-state index contributed by atoms with van der Waals surface area (Å²) in [7, 11) is 0. The van der Waals surface area contributed by atoms with Gasteiger partial charge in [-0.05, 0) is 54.0 Å². The molecule has 150 valence electrons. The molecule has 3 aromatic rings. The quantitative estimate of drug-likeness (QED) is 0.553. The van der Waals surface area contributed by atoms with Crippen molar-refractivity contribution in [2.24, 2.45) is 11.5 Å². The zero-order valence-electron chi connectivity index (χ0n) is 16.2. The number of anilines is 1. The predicted octanol–water partition coefficient (Wildman–Crippen LogP) is 3.33. The topological polar surface area (TPSA) is 107 Å². The van der Waals surface area contributed by atoms with E-state index in [4.69, 9.17) is 16.2 Å². The van der Waals surface area contributed by atoms with E-state index in [1.807, 2.05) is 78.9 Å². The monoisotopic (exact) mass is 399 g/mol. The number of primary amides is 1. The van der Waals surface area contributed by atoms with E-state index in [1.54, 1.807) is 0 Å². The molecule has 30 heavy (non-hydrogen) atoms. The van der Waals surface area contributed by atoms with Gasteiger partial charge in [0.25, 0.3) is 5.91 Å². The summed E-state index contributed by atoms with van der Waals surface area (Å²) in [6, 6.07) is 21.8. The summed E-state index contributed by atoms with van der Waals surface area (Å²) in [5.74, 6) is 0.716. The molecule has 6 nitrogen and oxygen atoms in total. The van der Waals surface area contributed by atoms with Gasteiger partial charge in [-0.1, -0.05) is 42.5 Å². The normalized spacial score (nSPS) is 14.8. The van der Waals surface area contributed by atoms with Gasteiger partial charge in [0.1, 0.15) is 11.5 Å². The molecular formula is C24H21N3O3. The number of nitrogens with one attached hydrogen (secondary N) is 1. The highest BCUT2D eigenvalue weighted by atomic mass is 16.5. The Morgan fingerprint density at radius 2 is 1.60 bits per heavy atom. The lowest BCUT2D eigenvalue weighted by Crippen LogP contribution is -2.38. The van der Waals surface area contributed by atoms with Crippen LogP contribution in [-0.2, 0) is 16.0 Å². The zero-order chi connectivity index (χ0) is 21.1. The minimum Gasteiger partial charge on any atom is -0.457 e. The van der Waals surface area contributed by atoms with Crippen LogP contribution in [0.1, 0.15) is 16.7 Å². The number of hydrogen-bond donors (Lipinski definition) is 3. The van der Waals surface area contributed by atoms with Crippen LogP contribution in [0, 0.1) is 0 Å². The standard InChI is InChI=1S/C24H21N3O3/c25-21(23(26)28)14-16-7-11-18(12-8-16)30-17-9-5-15(6-10-17)13-20-19-3-1-2-4-22(19)27-24(20)29/h1-13,21H,14,25H2,(H2,26,28)(H,27,29)/b20-13+/t21-/m0/s1. The molecule has 5 N–H and O–H groups in total. The molecule has 1 aliphatic rings. The number of fused-ring (bicyclic) bond motifs is 1. The van der Waals surface area contributed by atoms with E-state index in [9.17, 15) is 9.59 Å². The number of carbonyl (C=O) groups is 2. The van der Waals surface area contributed by atoms with Gasteiger partial charge >= 0.3 is 0 Å². The number of amides is 2. The largest absolute Gasteiger partial charge is 0.457 e. The van der Waals surface area contributed by atoms with Crippen LogP contribution in [0.4, 0.5) is 5.69 Å². The Kier molecular flexibility index (Phi) is 5.32. The number of benzene rings is 3. The second-order valence-electron chi connectivity index (χ2n) is 7.09. The third-order valence-electron chi connectivity index (χ3n) is 4.88. The minimum absolute atomic E-state index is 0.104. The van der Waals surface area contributed by atoms with Crippen molar-refractivity contribution in [1.29, 1.82) is 0 Å². The highest BCUT2D eigenvalue weighted by Crippen LogP contribution is 2.33. The molecule has 0 saturated heterocycles. The Hall–Kier alpha value is -3.90. The zero-order valence-corrected chi connectivity index (χ0v) is 16.2. The van der Waals surface area contributed by atoms with Gasteiger partial charge in [-0.2, -0.15) is 0 Å². The van der Waals surface area contributed by atoms with Crippen LogP contribution in [0.15, 0.2) is 72.8 Å². The number of para-hydroxylation sites is 1. The first-order valence-electron chi connectivity index (χ1n) is 9.54. The average molecular weight is 399 g/mol. The summed E-state index contributed by atoms with van der Waals surface area (Å²) in [4.78, 5) is 23.3. The van der Waals surface area contributed by atoms with Crippen molar-refractivity contribution in [2.45, 2.75) is 12.5 Å². The summed E-state index contributed by atoms with van der Waals surface area (Å²) in [6.07, 6.45) is 2.25. The lowest BCUT2D eigenvalue weighted by Gasteiger charge is -2.09. The van der Waals surface area contributed by atoms with Gasteiger partial charge in [-0.3, -0.25) is 9.59 Å². The molecule has 3 aromatic carbocycles. The Morgan fingerprint density at radius 3 is 2.27 bits per heavy atom. The summed E-state index contributed by atoms with van der Waals surface area (Å²) >= 11 is 0. The van der Waals surface area contributed by atoms with E-state index in [0.717, 1.165) is 22.4 Å². The maximum Gasteiger partial charge on any atom is 0.256 e. The number of nitrogens with two attached hydrogens (primary N) is 2. The van der Waals surface area contributed by atoms with Crippen LogP contribution in [0.25, 0.3) is 11.6 Å². The van der Waals surface area contributed by atoms with Gasteiger partial charge in [0.2, 0.25) is 5.91 Å². The van der Waals surface area contributed by atoms with Gasteiger partial charge in [0.15, 0.2) is 0 Å². The molecule has 0 aromatic heterocycles. The number of ether oxygens (including phenoxy) is 1. The SMILES string of the molecule is NC(=O)[C@@H](N)Cc1ccc(Oc2ccc(/C=C3/C(=O)Nc4ccccc43)cc2)cc1. The Balaban J connectivity index is 1.44. The van der Waals surface area contributed by atoms with Gasteiger partial charge in [0.05, 0.1) is 6.04 Å². The summed E-state index contributed by atoms with van der Waals surface area (Å²) in [5, 5.41) is 2.87. The van der Waals surface area contributed by atoms with E-state index >= 15 is 0 Å². The van der Waals surface area contributed by atoms with E-state index in [1.165, 1.54) is 0 Å². The maximum absolute atomic E-state index is 12.2. The van der Waals surface area contributed by atoms with Crippen molar-refractivity contribution in [2.75, 3.05) is 5.32 Å². The van der Waals surface area contributed by atoms with E-state index in [-0.39, 0.29) is 5.91 Å². The molecule has 0 aliphatic carbocycles. The fourth-order valence-corrected chi connectivity index (χ4v) is 3.27. The summed E-state index contributed by atoms with van der Waals surface area (Å²) in [6.45, 7) is 0. The molecule has 0 radical (unpaired) electrons. The second kappa shape index (κ2) is 8.23. The van der Waals surface area contributed by atoms with Crippen molar-refractivity contribution < 1.29 is 14.3 Å². The van der Waals surface area contributed by atoms with Crippen LogP contribution in [0.3, 0.4) is 0 Å². The predicted molar refractivity (Wildman–Crippen MR) is 117 cm³/mol. The molecule has 1 heterocycles. The fourth-order valence-electron chi connectivity index (χ4n) is 3.27. The van der Waals surface area contributed by atoms with Gasteiger partial charge < -0.3 is 21.5 Å². The first-order valence-corrected chi connectivity index (χ1v) is 9.54. The van der Waals surface area contributed by atoms with Crippen LogP contribution in [0.2, 0.25) is 0 Å². The van der Waals surface area contributed by atoms with Gasteiger partial charge in [0, 0.05) is 16.8 Å². The summed E-state index contributed by atoms with van der Waals surface area (Å²) < 4.78 is 5.87. The third kappa shape index (κ3) is 4.24. The second-order valence-corrected chi connectivity index (χ2v) is 7.09. The molecular weight excluding hydrogens is 378 g/mol. The first-order chi connectivity index (χ1) is 14.5. The number of rotatable bonds is 6. The lowest BCUT2D eigenvalue weighted by atomic mass is 10.0. The van der Waals surface area contributed by atoms with Gasteiger partial charge in [-0.15, -0.1) is 0 Å². The molecule has 0 unspecified atom stereocenters. The molecule has 2 amide bonds. The fraction of sp³-hybridized carbons (Fsp3) is 0.0833. The molecule has 0 saturated carbocycles. The minimum atomic E-state index is -0.702. The first kappa shape index (κ1) is 19.4. The van der Waals surface area contributed by atoms with E-state index in [2.05, 4.69) is 5.32 Å². The molecule has 0 fully saturated rings. The van der Waals surface area contributed by atoms with Crippen LogP contribution >= 0.6 is 0 Å². The maximum atomic E-state index is 12.2. The highest BCUT2D eigenvalue weighted by Gasteiger charge is 2.23. The lowest BCUT2D eigenvalue weighted by molar-refractivity contribution is -0.119. The highest BCUT2D eigenvalue weighted by molar-refractivity contribution is 6.34. The molecule has 1 aliphatic heterocycles. The van der Waals surface area contributed by atoms with Gasteiger partial charge in [-0.25, -0.2) is 0 Å². The molecule has 0 bridgehead atoms. The van der Waals surface area contributed by atoms with Crippen molar-refractivity contribution in [3.05, 3.63) is 89.5 Å². The van der Waals surface area contributed by atoms with Crippen LogP contribution in [0.5, 0.6) is 11.5 Å². The van der Waals surface area contributed by atoms with E-state index < -0.39 is 11.9 Å². The Labute approximate surface area is 174 Å². The van der Waals surface area contributed by atoms with Crippen molar-refractivity contribution in [1.82, 2.24) is 0 Å². The molecule has 6 heteroatoms.